The second kappa shape index (κ2) is 17.9. The second-order valence-corrected chi connectivity index (χ2v) is 13.1. The van der Waals surface area contributed by atoms with Gasteiger partial charge in [0.25, 0.3) is 0 Å². The van der Waals surface area contributed by atoms with E-state index in [1.54, 1.807) is 50.2 Å². The molecule has 1 aliphatic heterocycles. The van der Waals surface area contributed by atoms with Crippen molar-refractivity contribution in [2.45, 2.75) is 57.3 Å². The predicted octanol–water partition coefficient (Wildman–Crippen LogP) is 4.14. The number of β-lactam (4-membered cyclic amide) rings is 1. The standard InChI is InChI=1S/C41H46N4O8/c1-25(2)35(40(48)45-36-31(43-41(36)49)22-26-13-8-6-9-14-26)44-39(47)32(24-28-19-20-33(50-3)38(52-5)37(28)51-4)42-34(46)23-27-15-12-18-30(21-27)53-29-16-10-7-11-17-29/h6-21,25,31-32,35-36H,22-24H2,1-5H3,(H,42,46)(H,43,49)(H,44,47)(H,45,48)/t31?,32-,35-,36?/m0/s1. The van der Waals surface area contributed by atoms with Gasteiger partial charge in [-0.2, -0.15) is 0 Å². The summed E-state index contributed by atoms with van der Waals surface area (Å²) in [4.78, 5) is 53.9. The van der Waals surface area contributed by atoms with Gasteiger partial charge in [0, 0.05) is 12.0 Å². The molecule has 2 unspecified atom stereocenters. The van der Waals surface area contributed by atoms with Crippen LogP contribution in [0.2, 0.25) is 0 Å². The van der Waals surface area contributed by atoms with Gasteiger partial charge in [-0.25, -0.2) is 0 Å². The lowest BCUT2D eigenvalue weighted by Crippen LogP contribution is -2.71. The number of methoxy groups -OCH3 is 3. The average Bonchev–Trinajstić information content (AvgIpc) is 3.15. The van der Waals surface area contributed by atoms with Crippen molar-refractivity contribution in [3.8, 4) is 28.7 Å². The van der Waals surface area contributed by atoms with Gasteiger partial charge in [-0.3, -0.25) is 19.2 Å². The van der Waals surface area contributed by atoms with Crippen LogP contribution >= 0.6 is 0 Å². The summed E-state index contributed by atoms with van der Waals surface area (Å²) in [6.45, 7) is 3.59. The van der Waals surface area contributed by atoms with Crippen molar-refractivity contribution in [1.82, 2.24) is 21.3 Å². The van der Waals surface area contributed by atoms with Crippen LogP contribution in [0.1, 0.15) is 30.5 Å². The third-order valence-electron chi connectivity index (χ3n) is 8.96. The van der Waals surface area contributed by atoms with E-state index < -0.39 is 35.8 Å². The first kappa shape index (κ1) is 38.2. The summed E-state index contributed by atoms with van der Waals surface area (Å²) in [5.41, 5.74) is 2.25. The number of amides is 4. The van der Waals surface area contributed by atoms with Crippen LogP contribution in [0, 0.1) is 5.92 Å². The summed E-state index contributed by atoms with van der Waals surface area (Å²) in [7, 11) is 4.45. The van der Waals surface area contributed by atoms with Gasteiger partial charge in [-0.1, -0.05) is 80.6 Å². The quantitative estimate of drug-likeness (QED) is 0.119. The third-order valence-corrected chi connectivity index (χ3v) is 8.96. The predicted molar refractivity (Wildman–Crippen MR) is 199 cm³/mol. The molecule has 1 fully saturated rings. The van der Waals surface area contributed by atoms with Gasteiger partial charge in [0.15, 0.2) is 11.5 Å². The Hall–Kier alpha value is -6.04. The summed E-state index contributed by atoms with van der Waals surface area (Å²) in [6, 6.07) is 26.3. The Morgan fingerprint density at radius 2 is 1.40 bits per heavy atom. The van der Waals surface area contributed by atoms with E-state index in [4.69, 9.17) is 18.9 Å². The molecule has 1 heterocycles. The Morgan fingerprint density at radius 3 is 2.04 bits per heavy atom. The summed E-state index contributed by atoms with van der Waals surface area (Å²) in [5.74, 6) is 0.135. The molecule has 0 aromatic heterocycles. The smallest absolute Gasteiger partial charge is 0.245 e. The molecule has 4 aromatic carbocycles. The normalized spacial score (nSPS) is 15.9. The van der Waals surface area contributed by atoms with Gasteiger partial charge in [-0.05, 0) is 53.8 Å². The highest BCUT2D eigenvalue weighted by atomic mass is 16.5. The highest BCUT2D eigenvalue weighted by Gasteiger charge is 2.42. The zero-order valence-corrected chi connectivity index (χ0v) is 30.5. The van der Waals surface area contributed by atoms with Crippen LogP contribution in [-0.4, -0.2) is 69.1 Å². The SMILES string of the molecule is COc1ccc(C[C@H](NC(=O)Cc2cccc(Oc3ccccc3)c2)C(=O)N[C@H](C(=O)NC2C(=O)NC2Cc2ccccc2)C(C)C)c(OC)c1OC. The summed E-state index contributed by atoms with van der Waals surface area (Å²) in [6.07, 6.45) is 0.486. The highest BCUT2D eigenvalue weighted by molar-refractivity contribution is 5.97. The van der Waals surface area contributed by atoms with Crippen molar-refractivity contribution < 1.29 is 38.1 Å². The van der Waals surface area contributed by atoms with Gasteiger partial charge in [0.05, 0.1) is 33.8 Å². The van der Waals surface area contributed by atoms with Crippen molar-refractivity contribution in [2.24, 2.45) is 5.92 Å². The van der Waals surface area contributed by atoms with Crippen molar-refractivity contribution >= 4 is 23.6 Å². The zero-order valence-electron chi connectivity index (χ0n) is 30.5. The molecule has 1 saturated heterocycles. The number of hydrogen-bond donors (Lipinski definition) is 4. The third kappa shape index (κ3) is 9.85. The average molecular weight is 723 g/mol. The lowest BCUT2D eigenvalue weighted by molar-refractivity contribution is -0.138. The van der Waals surface area contributed by atoms with Crippen LogP contribution in [-0.2, 0) is 38.4 Å². The number of hydrogen-bond acceptors (Lipinski definition) is 8. The van der Waals surface area contributed by atoms with Crippen molar-refractivity contribution in [3.63, 3.8) is 0 Å². The first-order chi connectivity index (χ1) is 25.6. The molecule has 0 aliphatic carbocycles. The molecule has 0 bridgehead atoms. The Kier molecular flexibility index (Phi) is 12.9. The van der Waals surface area contributed by atoms with Crippen LogP contribution in [0.5, 0.6) is 28.7 Å². The number of ether oxygens (including phenoxy) is 4. The number of carbonyl (C=O) groups is 4. The fourth-order valence-corrected chi connectivity index (χ4v) is 6.20. The molecule has 0 spiro atoms. The lowest BCUT2D eigenvalue weighted by Gasteiger charge is -2.38. The summed E-state index contributed by atoms with van der Waals surface area (Å²) < 4.78 is 22.6. The minimum Gasteiger partial charge on any atom is -0.493 e. The van der Waals surface area contributed by atoms with E-state index in [-0.39, 0.29) is 30.7 Å². The molecule has 1 aliphatic rings. The molecule has 0 radical (unpaired) electrons. The van der Waals surface area contributed by atoms with E-state index in [1.807, 2.05) is 60.7 Å². The largest absolute Gasteiger partial charge is 0.493 e. The number of carbonyl (C=O) groups excluding carboxylic acids is 4. The molecule has 4 atom stereocenters. The molecule has 0 saturated carbocycles. The Morgan fingerprint density at radius 1 is 0.736 bits per heavy atom. The molecule has 53 heavy (non-hydrogen) atoms. The molecule has 12 heteroatoms. The Labute approximate surface area is 309 Å². The number of benzene rings is 4. The van der Waals surface area contributed by atoms with Crippen LogP contribution in [0.4, 0.5) is 0 Å². The molecule has 4 amide bonds. The molecule has 12 nitrogen and oxygen atoms in total. The lowest BCUT2D eigenvalue weighted by atomic mass is 9.91. The minimum absolute atomic E-state index is 0.00509. The topological polar surface area (TPSA) is 153 Å². The monoisotopic (exact) mass is 722 g/mol. The van der Waals surface area contributed by atoms with E-state index in [2.05, 4.69) is 21.3 Å². The van der Waals surface area contributed by atoms with Gasteiger partial charge >= 0.3 is 0 Å². The number of nitrogens with one attached hydrogen (secondary N) is 4. The van der Waals surface area contributed by atoms with E-state index in [0.29, 0.717) is 46.3 Å². The maximum atomic E-state index is 14.1. The molecular weight excluding hydrogens is 676 g/mol. The van der Waals surface area contributed by atoms with Crippen LogP contribution < -0.4 is 40.2 Å². The van der Waals surface area contributed by atoms with Crippen LogP contribution in [0.25, 0.3) is 0 Å². The molecule has 5 rings (SSSR count). The van der Waals surface area contributed by atoms with Gasteiger partial charge in [0.1, 0.15) is 29.6 Å². The van der Waals surface area contributed by atoms with E-state index in [1.165, 1.54) is 21.3 Å². The maximum Gasteiger partial charge on any atom is 0.245 e. The fourth-order valence-electron chi connectivity index (χ4n) is 6.20. The molecule has 4 N–H and O–H groups in total. The zero-order chi connectivity index (χ0) is 37.9. The highest BCUT2D eigenvalue weighted by Crippen LogP contribution is 2.40. The van der Waals surface area contributed by atoms with Crippen LogP contribution in [0.15, 0.2) is 97.1 Å². The summed E-state index contributed by atoms with van der Waals surface area (Å²) in [5, 5.41) is 11.4. The van der Waals surface area contributed by atoms with E-state index >= 15 is 0 Å². The fraction of sp³-hybridized carbons (Fsp3) is 0.317. The van der Waals surface area contributed by atoms with E-state index in [9.17, 15) is 19.2 Å². The Bertz CT molecular complexity index is 1890. The molecule has 4 aromatic rings. The first-order valence-corrected chi connectivity index (χ1v) is 17.4. The van der Waals surface area contributed by atoms with Crippen molar-refractivity contribution in [2.75, 3.05) is 21.3 Å². The maximum absolute atomic E-state index is 14.1. The van der Waals surface area contributed by atoms with Crippen molar-refractivity contribution in [3.05, 3.63) is 114 Å². The molecule has 278 valence electrons. The second-order valence-electron chi connectivity index (χ2n) is 13.1. The van der Waals surface area contributed by atoms with Gasteiger partial charge in [-0.15, -0.1) is 0 Å². The first-order valence-electron chi connectivity index (χ1n) is 17.4. The molecular formula is C41H46N4O8. The number of rotatable bonds is 17. The number of para-hydroxylation sites is 1. The van der Waals surface area contributed by atoms with E-state index in [0.717, 1.165) is 5.56 Å². The minimum atomic E-state index is -1.13. The Balaban J connectivity index is 1.34. The summed E-state index contributed by atoms with van der Waals surface area (Å²) >= 11 is 0. The van der Waals surface area contributed by atoms with Crippen molar-refractivity contribution in [1.29, 1.82) is 0 Å². The van der Waals surface area contributed by atoms with Gasteiger partial charge in [0.2, 0.25) is 29.4 Å². The van der Waals surface area contributed by atoms with Gasteiger partial charge < -0.3 is 40.2 Å². The van der Waals surface area contributed by atoms with Crippen LogP contribution in [0.3, 0.4) is 0 Å².